The Hall–Kier alpha value is -1.65. The summed E-state index contributed by atoms with van der Waals surface area (Å²) in [5.74, 6) is -0.478. The maximum absolute atomic E-state index is 11.6. The predicted molar refractivity (Wildman–Crippen MR) is 59.9 cm³/mol. The zero-order valence-electron chi connectivity index (χ0n) is 9.70. The van der Waals surface area contributed by atoms with Crippen LogP contribution in [0, 0.1) is 6.92 Å². The van der Waals surface area contributed by atoms with Crippen LogP contribution in [0.4, 0.5) is 0 Å². The van der Waals surface area contributed by atoms with Gasteiger partial charge in [0.1, 0.15) is 11.4 Å². The highest BCUT2D eigenvalue weighted by molar-refractivity contribution is 5.88. The van der Waals surface area contributed by atoms with Gasteiger partial charge in [0, 0.05) is 5.92 Å². The smallest absolute Gasteiger partial charge is 0.343 e. The Morgan fingerprint density at radius 3 is 2.38 bits per heavy atom. The van der Waals surface area contributed by atoms with E-state index in [-0.39, 0.29) is 17.2 Å². The molecule has 0 aromatic carbocycles. The van der Waals surface area contributed by atoms with Crippen LogP contribution in [0.1, 0.15) is 54.5 Å². The maximum atomic E-state index is 11.6. The van der Waals surface area contributed by atoms with Gasteiger partial charge in [-0.15, -0.1) is 0 Å². The lowest BCUT2D eigenvalue weighted by Gasteiger charge is -2.12. The van der Waals surface area contributed by atoms with Crippen LogP contribution in [0.15, 0.2) is 4.79 Å². The Kier molecular flexibility index (Phi) is 3.82. The van der Waals surface area contributed by atoms with Crippen LogP contribution >= 0.6 is 0 Å². The molecule has 0 unspecified atom stereocenters. The van der Waals surface area contributed by atoms with Crippen LogP contribution in [0.3, 0.4) is 0 Å². The third kappa shape index (κ3) is 2.29. The summed E-state index contributed by atoms with van der Waals surface area (Å²) in [5.41, 5.74) is -0.560. The summed E-state index contributed by atoms with van der Waals surface area (Å²) < 4.78 is 0. The third-order valence-electron chi connectivity index (χ3n) is 2.70. The number of nitrogens with one attached hydrogen (secondary N) is 1. The van der Waals surface area contributed by atoms with Gasteiger partial charge in [-0.3, -0.25) is 4.79 Å². The molecule has 16 heavy (non-hydrogen) atoms. The molecule has 0 spiro atoms. The van der Waals surface area contributed by atoms with Gasteiger partial charge in [-0.25, -0.2) is 9.78 Å². The Balaban J connectivity index is 3.29. The monoisotopic (exact) mass is 224 g/mol. The number of aryl methyl sites for hydroxylation is 1. The van der Waals surface area contributed by atoms with Crippen molar-refractivity contribution in [1.29, 1.82) is 0 Å². The number of H-pyrrole nitrogens is 1. The first-order valence-electron chi connectivity index (χ1n) is 5.35. The van der Waals surface area contributed by atoms with Gasteiger partial charge in [-0.05, 0) is 19.8 Å². The number of carbonyl (C=O) groups is 1. The number of aromatic amines is 1. The van der Waals surface area contributed by atoms with E-state index in [2.05, 4.69) is 9.97 Å². The molecule has 0 aliphatic carbocycles. The van der Waals surface area contributed by atoms with Crippen molar-refractivity contribution in [3.05, 3.63) is 27.4 Å². The van der Waals surface area contributed by atoms with E-state index in [0.717, 1.165) is 12.8 Å². The molecule has 0 fully saturated rings. The highest BCUT2D eigenvalue weighted by atomic mass is 16.4. The Bertz CT molecular complexity index is 447. The van der Waals surface area contributed by atoms with E-state index in [9.17, 15) is 9.59 Å². The molecule has 88 valence electrons. The number of nitrogens with zero attached hydrogens (tertiary/aromatic N) is 1. The molecule has 0 bridgehead atoms. The van der Waals surface area contributed by atoms with E-state index >= 15 is 0 Å². The summed E-state index contributed by atoms with van der Waals surface area (Å²) in [6.07, 6.45) is 1.73. The summed E-state index contributed by atoms with van der Waals surface area (Å²) in [4.78, 5) is 29.1. The van der Waals surface area contributed by atoms with Gasteiger partial charge in [0.25, 0.3) is 5.56 Å². The molecular formula is C11H16N2O3. The first kappa shape index (κ1) is 12.4. The van der Waals surface area contributed by atoms with Crippen LogP contribution in [0.25, 0.3) is 0 Å². The molecule has 5 nitrogen and oxygen atoms in total. The fraction of sp³-hybridized carbons (Fsp3) is 0.545. The summed E-state index contributed by atoms with van der Waals surface area (Å²) >= 11 is 0. The number of hydrogen-bond acceptors (Lipinski definition) is 3. The van der Waals surface area contributed by atoms with Crippen molar-refractivity contribution in [3.63, 3.8) is 0 Å². The van der Waals surface area contributed by atoms with Crippen LogP contribution in [0.5, 0.6) is 0 Å². The lowest BCUT2D eigenvalue weighted by Crippen LogP contribution is -2.23. The summed E-state index contributed by atoms with van der Waals surface area (Å²) in [5, 5.41) is 8.83. The van der Waals surface area contributed by atoms with Gasteiger partial charge in [0.2, 0.25) is 0 Å². The first-order chi connectivity index (χ1) is 7.51. The van der Waals surface area contributed by atoms with E-state index in [1.165, 1.54) is 0 Å². The summed E-state index contributed by atoms with van der Waals surface area (Å²) in [7, 11) is 0. The summed E-state index contributed by atoms with van der Waals surface area (Å²) in [6.45, 7) is 5.56. The van der Waals surface area contributed by atoms with Crippen molar-refractivity contribution in [2.45, 2.75) is 39.5 Å². The van der Waals surface area contributed by atoms with Crippen LogP contribution in [-0.4, -0.2) is 21.0 Å². The fourth-order valence-corrected chi connectivity index (χ4v) is 1.73. The predicted octanol–water partition coefficient (Wildman–Crippen LogP) is 1.68. The van der Waals surface area contributed by atoms with Gasteiger partial charge in [-0.2, -0.15) is 0 Å². The molecule has 0 aliphatic heterocycles. The molecule has 5 heteroatoms. The van der Waals surface area contributed by atoms with E-state index in [1.54, 1.807) is 6.92 Å². The van der Waals surface area contributed by atoms with Gasteiger partial charge < -0.3 is 10.1 Å². The zero-order chi connectivity index (χ0) is 12.3. The zero-order valence-corrected chi connectivity index (χ0v) is 9.70. The second kappa shape index (κ2) is 4.92. The third-order valence-corrected chi connectivity index (χ3v) is 2.70. The van der Waals surface area contributed by atoms with Gasteiger partial charge in [0.05, 0.1) is 5.69 Å². The van der Waals surface area contributed by atoms with Crippen molar-refractivity contribution >= 4 is 5.97 Å². The van der Waals surface area contributed by atoms with E-state index in [4.69, 9.17) is 5.11 Å². The first-order valence-corrected chi connectivity index (χ1v) is 5.35. The number of carboxylic acids is 1. The molecule has 0 saturated heterocycles. The molecule has 0 saturated carbocycles. The number of hydrogen-bond donors (Lipinski definition) is 2. The molecule has 0 radical (unpaired) electrons. The maximum Gasteiger partial charge on any atom is 0.343 e. The summed E-state index contributed by atoms with van der Waals surface area (Å²) in [6, 6.07) is 0. The highest BCUT2D eigenvalue weighted by Gasteiger charge is 2.17. The van der Waals surface area contributed by atoms with Crippen molar-refractivity contribution < 1.29 is 9.90 Å². The number of rotatable bonds is 4. The van der Waals surface area contributed by atoms with E-state index in [1.807, 2.05) is 13.8 Å². The molecule has 0 aliphatic rings. The van der Waals surface area contributed by atoms with Gasteiger partial charge in [-0.1, -0.05) is 13.8 Å². The topological polar surface area (TPSA) is 83.0 Å². The molecule has 1 aromatic heterocycles. The minimum Gasteiger partial charge on any atom is -0.477 e. The minimum absolute atomic E-state index is 0.175. The Labute approximate surface area is 93.5 Å². The molecule has 1 rings (SSSR count). The van der Waals surface area contributed by atoms with Crippen LogP contribution < -0.4 is 5.56 Å². The van der Waals surface area contributed by atoms with Crippen molar-refractivity contribution in [3.8, 4) is 0 Å². The molecular weight excluding hydrogens is 208 g/mol. The van der Waals surface area contributed by atoms with Crippen LogP contribution in [-0.2, 0) is 0 Å². The van der Waals surface area contributed by atoms with Crippen molar-refractivity contribution in [2.24, 2.45) is 0 Å². The van der Waals surface area contributed by atoms with Gasteiger partial charge in [0.15, 0.2) is 0 Å². The fourth-order valence-electron chi connectivity index (χ4n) is 1.73. The van der Waals surface area contributed by atoms with Crippen molar-refractivity contribution in [2.75, 3.05) is 0 Å². The van der Waals surface area contributed by atoms with E-state index in [0.29, 0.717) is 5.82 Å². The molecule has 1 heterocycles. The second-order valence-electron chi connectivity index (χ2n) is 3.73. The number of aromatic carboxylic acids is 1. The Morgan fingerprint density at radius 2 is 2.00 bits per heavy atom. The van der Waals surface area contributed by atoms with Crippen LogP contribution in [0.2, 0.25) is 0 Å². The SMILES string of the molecule is CCC(CC)c1nc(C)c(C(=O)O)c(=O)[nH]1. The highest BCUT2D eigenvalue weighted by Crippen LogP contribution is 2.18. The molecule has 2 N–H and O–H groups in total. The largest absolute Gasteiger partial charge is 0.477 e. The Morgan fingerprint density at radius 1 is 1.44 bits per heavy atom. The molecule has 0 atom stereocenters. The average Bonchev–Trinajstić information content (AvgIpc) is 2.17. The second-order valence-corrected chi connectivity index (χ2v) is 3.73. The minimum atomic E-state index is -1.23. The molecule has 0 amide bonds. The van der Waals surface area contributed by atoms with Gasteiger partial charge >= 0.3 is 5.97 Å². The quantitative estimate of drug-likeness (QED) is 0.815. The number of aromatic nitrogens is 2. The van der Waals surface area contributed by atoms with E-state index < -0.39 is 11.5 Å². The lowest BCUT2D eigenvalue weighted by molar-refractivity contribution is 0.0693. The average molecular weight is 224 g/mol. The lowest BCUT2D eigenvalue weighted by atomic mass is 10.0. The normalized spacial score (nSPS) is 10.8. The standard InChI is InChI=1S/C11H16N2O3/c1-4-7(5-2)9-12-6(3)8(11(15)16)10(14)13-9/h7H,4-5H2,1-3H3,(H,15,16)(H,12,13,14). The van der Waals surface area contributed by atoms with Crippen molar-refractivity contribution in [1.82, 2.24) is 9.97 Å². The molecule has 1 aromatic rings. The number of carboxylic acid groups (broad SMARTS) is 1.